The first-order valence-electron chi connectivity index (χ1n) is 4.83. The van der Waals surface area contributed by atoms with Crippen LogP contribution in [0.3, 0.4) is 0 Å². The minimum Gasteiger partial charge on any atom is -0.481 e. The van der Waals surface area contributed by atoms with Crippen LogP contribution in [0, 0.1) is 5.92 Å². The predicted molar refractivity (Wildman–Crippen MR) is 57.9 cm³/mol. The van der Waals surface area contributed by atoms with Crippen LogP contribution in [0.2, 0.25) is 0 Å². The highest BCUT2D eigenvalue weighted by molar-refractivity contribution is 7.13. The van der Waals surface area contributed by atoms with Gasteiger partial charge >= 0.3 is 5.97 Å². The summed E-state index contributed by atoms with van der Waals surface area (Å²) in [5, 5.41) is 14.5. The van der Waals surface area contributed by atoms with E-state index in [1.54, 1.807) is 0 Å². The van der Waals surface area contributed by atoms with E-state index in [1.807, 2.05) is 5.38 Å². The summed E-state index contributed by atoms with van der Waals surface area (Å²) in [5.41, 5.74) is 6.38. The fraction of sp³-hybridized carbons (Fsp3) is 0.556. The van der Waals surface area contributed by atoms with Gasteiger partial charge in [0.2, 0.25) is 0 Å². The van der Waals surface area contributed by atoms with Crippen LogP contribution < -0.4 is 11.1 Å². The van der Waals surface area contributed by atoms with Gasteiger partial charge in [0.15, 0.2) is 5.13 Å². The summed E-state index contributed by atoms with van der Waals surface area (Å²) < 4.78 is 0. The van der Waals surface area contributed by atoms with Crippen molar-refractivity contribution in [3.05, 3.63) is 11.1 Å². The van der Waals surface area contributed by atoms with Gasteiger partial charge in [0.05, 0.1) is 11.6 Å². The van der Waals surface area contributed by atoms with Gasteiger partial charge in [-0.1, -0.05) is 0 Å². The number of hydrogen-bond donors (Lipinski definition) is 3. The van der Waals surface area contributed by atoms with E-state index in [2.05, 4.69) is 10.3 Å². The number of aromatic nitrogens is 1. The number of aliphatic carboxylic acids is 1. The second-order valence-electron chi connectivity index (χ2n) is 3.65. The number of nitrogens with zero attached hydrogens (tertiary/aromatic N) is 1. The zero-order valence-corrected chi connectivity index (χ0v) is 8.96. The van der Waals surface area contributed by atoms with Crippen molar-refractivity contribution >= 4 is 22.4 Å². The molecule has 4 N–H and O–H groups in total. The Labute approximate surface area is 91.3 Å². The van der Waals surface area contributed by atoms with Crippen LogP contribution in [0.15, 0.2) is 5.38 Å². The van der Waals surface area contributed by atoms with E-state index in [0.29, 0.717) is 11.7 Å². The number of rotatable bonds is 2. The molecule has 0 radical (unpaired) electrons. The van der Waals surface area contributed by atoms with Gasteiger partial charge in [0.25, 0.3) is 0 Å². The maximum Gasteiger partial charge on any atom is 0.308 e. The van der Waals surface area contributed by atoms with Gasteiger partial charge in [-0.15, -0.1) is 11.3 Å². The number of thiazole rings is 1. The van der Waals surface area contributed by atoms with Crippen LogP contribution in [-0.2, 0) is 4.79 Å². The molecule has 2 unspecified atom stereocenters. The topological polar surface area (TPSA) is 88.2 Å². The second kappa shape index (κ2) is 4.16. The molecular weight excluding hydrogens is 214 g/mol. The van der Waals surface area contributed by atoms with Crippen molar-refractivity contribution in [3.8, 4) is 0 Å². The first-order chi connectivity index (χ1) is 7.18. The highest BCUT2D eigenvalue weighted by Gasteiger charge is 2.33. The van der Waals surface area contributed by atoms with E-state index in [0.717, 1.165) is 18.7 Å². The highest BCUT2D eigenvalue weighted by Crippen LogP contribution is 2.31. The van der Waals surface area contributed by atoms with Crippen molar-refractivity contribution in [1.82, 2.24) is 10.3 Å². The van der Waals surface area contributed by atoms with Gasteiger partial charge < -0.3 is 16.2 Å². The smallest absolute Gasteiger partial charge is 0.308 e. The Balaban J connectivity index is 2.21. The fourth-order valence-corrected chi connectivity index (χ4v) is 2.57. The molecule has 0 amide bonds. The molecule has 2 rings (SSSR count). The van der Waals surface area contributed by atoms with Crippen LogP contribution in [-0.4, -0.2) is 29.1 Å². The lowest BCUT2D eigenvalue weighted by molar-refractivity contribution is -0.143. The highest BCUT2D eigenvalue weighted by atomic mass is 32.1. The Hall–Kier alpha value is -1.14. The van der Waals surface area contributed by atoms with Crippen LogP contribution >= 0.6 is 11.3 Å². The van der Waals surface area contributed by atoms with Crippen molar-refractivity contribution < 1.29 is 9.90 Å². The summed E-state index contributed by atoms with van der Waals surface area (Å²) in [7, 11) is 0. The molecule has 15 heavy (non-hydrogen) atoms. The molecule has 1 aliphatic rings. The summed E-state index contributed by atoms with van der Waals surface area (Å²) in [6.45, 7) is 1.35. The Morgan fingerprint density at radius 2 is 2.53 bits per heavy atom. The Morgan fingerprint density at radius 3 is 3.13 bits per heavy atom. The third-order valence-electron chi connectivity index (χ3n) is 2.72. The average molecular weight is 227 g/mol. The molecule has 0 aromatic carbocycles. The molecule has 0 aliphatic carbocycles. The van der Waals surface area contributed by atoms with E-state index in [-0.39, 0.29) is 11.8 Å². The molecule has 1 aliphatic heterocycles. The third kappa shape index (κ3) is 2.10. The standard InChI is InChI=1S/C9H13N3O2S/c10-9-12-7(4-15-9)5-1-2-11-3-6(5)8(13)14/h4-6,11H,1-3H2,(H2,10,12)(H,13,14). The lowest BCUT2D eigenvalue weighted by atomic mass is 9.84. The Kier molecular flexibility index (Phi) is 2.88. The van der Waals surface area contributed by atoms with E-state index in [9.17, 15) is 4.79 Å². The molecule has 2 heterocycles. The largest absolute Gasteiger partial charge is 0.481 e. The van der Waals surface area contributed by atoms with E-state index in [1.165, 1.54) is 11.3 Å². The van der Waals surface area contributed by atoms with Gasteiger partial charge in [-0.2, -0.15) is 0 Å². The molecule has 0 spiro atoms. The number of piperidine rings is 1. The molecule has 5 nitrogen and oxygen atoms in total. The molecule has 1 aromatic heterocycles. The number of nitrogen functional groups attached to an aromatic ring is 1. The van der Waals surface area contributed by atoms with Gasteiger partial charge in [0, 0.05) is 17.8 Å². The van der Waals surface area contributed by atoms with Crippen LogP contribution in [0.4, 0.5) is 5.13 Å². The van der Waals surface area contributed by atoms with Crippen molar-refractivity contribution in [2.24, 2.45) is 5.92 Å². The number of hydrogen-bond acceptors (Lipinski definition) is 5. The zero-order valence-electron chi connectivity index (χ0n) is 8.14. The molecular formula is C9H13N3O2S. The van der Waals surface area contributed by atoms with E-state index >= 15 is 0 Å². The number of anilines is 1. The number of nitrogens with two attached hydrogens (primary N) is 1. The summed E-state index contributed by atoms with van der Waals surface area (Å²) in [6.07, 6.45) is 0.806. The fourth-order valence-electron chi connectivity index (χ4n) is 1.94. The average Bonchev–Trinajstić information content (AvgIpc) is 2.65. The number of carboxylic acids is 1. The maximum absolute atomic E-state index is 11.0. The Morgan fingerprint density at radius 1 is 1.73 bits per heavy atom. The molecule has 1 fully saturated rings. The van der Waals surface area contributed by atoms with Crippen LogP contribution in [0.1, 0.15) is 18.0 Å². The van der Waals surface area contributed by atoms with Gasteiger partial charge in [-0.05, 0) is 13.0 Å². The summed E-state index contributed by atoms with van der Waals surface area (Å²) in [4.78, 5) is 15.2. The molecule has 6 heteroatoms. The quantitative estimate of drug-likeness (QED) is 0.685. The molecule has 82 valence electrons. The lowest BCUT2D eigenvalue weighted by Gasteiger charge is -2.27. The second-order valence-corrected chi connectivity index (χ2v) is 4.54. The van der Waals surface area contributed by atoms with Gasteiger partial charge in [-0.25, -0.2) is 4.98 Å². The monoisotopic (exact) mass is 227 g/mol. The molecule has 1 aromatic rings. The minimum atomic E-state index is -0.765. The number of carboxylic acid groups (broad SMARTS) is 1. The number of nitrogens with one attached hydrogen (secondary N) is 1. The first-order valence-corrected chi connectivity index (χ1v) is 5.71. The van der Waals surface area contributed by atoms with Crippen molar-refractivity contribution in [3.63, 3.8) is 0 Å². The SMILES string of the molecule is Nc1nc(C2CCNCC2C(=O)O)cs1. The summed E-state index contributed by atoms with van der Waals surface area (Å²) in [6, 6.07) is 0. The van der Waals surface area contributed by atoms with Crippen molar-refractivity contribution in [1.29, 1.82) is 0 Å². The normalized spacial score (nSPS) is 26.4. The molecule has 2 atom stereocenters. The van der Waals surface area contributed by atoms with E-state index < -0.39 is 5.97 Å². The first kappa shape index (κ1) is 10.4. The summed E-state index contributed by atoms with van der Waals surface area (Å²) >= 11 is 1.37. The van der Waals surface area contributed by atoms with Gasteiger partial charge in [-0.3, -0.25) is 4.79 Å². The van der Waals surface area contributed by atoms with E-state index in [4.69, 9.17) is 10.8 Å². The minimum absolute atomic E-state index is 0.00250. The Bertz CT molecular complexity index is 366. The van der Waals surface area contributed by atoms with Crippen LogP contribution in [0.5, 0.6) is 0 Å². The molecule has 1 saturated heterocycles. The zero-order chi connectivity index (χ0) is 10.8. The number of carbonyl (C=O) groups is 1. The van der Waals surface area contributed by atoms with Crippen molar-refractivity contribution in [2.75, 3.05) is 18.8 Å². The third-order valence-corrected chi connectivity index (χ3v) is 3.41. The predicted octanol–water partition coefficient (Wildman–Crippen LogP) is 0.503. The lowest BCUT2D eigenvalue weighted by Crippen LogP contribution is -2.39. The molecule has 0 bridgehead atoms. The summed E-state index contributed by atoms with van der Waals surface area (Å²) in [5.74, 6) is -1.16. The molecule has 0 saturated carbocycles. The maximum atomic E-state index is 11.0. The van der Waals surface area contributed by atoms with Crippen LogP contribution in [0.25, 0.3) is 0 Å². The van der Waals surface area contributed by atoms with Crippen molar-refractivity contribution in [2.45, 2.75) is 12.3 Å². The van der Waals surface area contributed by atoms with Gasteiger partial charge in [0.1, 0.15) is 0 Å².